The molecule has 2 aromatic rings. The number of ether oxygens (including phenoxy) is 1. The number of fused-ring (bicyclic) bond motifs is 1. The summed E-state index contributed by atoms with van der Waals surface area (Å²) in [5.41, 5.74) is -0.670. The molecular weight excluding hydrogens is 342 g/mol. The van der Waals surface area contributed by atoms with Gasteiger partial charge in [0.2, 0.25) is 10.1 Å². The molecule has 25 heavy (non-hydrogen) atoms. The van der Waals surface area contributed by atoms with Crippen molar-refractivity contribution in [3.8, 4) is 0 Å². The van der Waals surface area contributed by atoms with E-state index in [-0.39, 0.29) is 11.7 Å². The molecule has 2 aromatic heterocycles. The molecule has 0 aromatic carbocycles. The molecule has 1 unspecified atom stereocenters. The maximum absolute atomic E-state index is 11.8. The zero-order valence-electron chi connectivity index (χ0n) is 14.7. The minimum absolute atomic E-state index is 0.173. The SMILES string of the molecule is CC(C)(C)OC(=O)NCC1CCCN(c2nn3c(=O)ccnc3s2)C1. The van der Waals surface area contributed by atoms with E-state index in [0.29, 0.717) is 17.4 Å². The first kappa shape index (κ1) is 17.7. The quantitative estimate of drug-likeness (QED) is 0.894. The van der Waals surface area contributed by atoms with Crippen molar-refractivity contribution in [2.75, 3.05) is 24.5 Å². The van der Waals surface area contributed by atoms with Crippen molar-refractivity contribution in [2.45, 2.75) is 39.2 Å². The standard InChI is InChI=1S/C16H23N5O3S/c1-16(2,3)24-15(23)18-9-11-5-4-8-20(10-11)14-19-21-12(22)6-7-17-13(21)25-14/h6-7,11H,4-5,8-10H2,1-3H3,(H,18,23). The van der Waals surface area contributed by atoms with Crippen LogP contribution in [0.25, 0.3) is 4.96 Å². The van der Waals surface area contributed by atoms with Crippen LogP contribution in [-0.4, -0.2) is 45.9 Å². The number of carbonyl (C=O) groups is 1. The maximum Gasteiger partial charge on any atom is 0.407 e. The van der Waals surface area contributed by atoms with E-state index in [1.165, 1.54) is 28.1 Å². The summed E-state index contributed by atoms with van der Waals surface area (Å²) in [5, 5.41) is 8.02. The fourth-order valence-corrected chi connectivity index (χ4v) is 3.72. The largest absolute Gasteiger partial charge is 0.444 e. The van der Waals surface area contributed by atoms with Crippen molar-refractivity contribution in [1.29, 1.82) is 0 Å². The van der Waals surface area contributed by atoms with Crippen molar-refractivity contribution < 1.29 is 9.53 Å². The van der Waals surface area contributed by atoms with Crippen molar-refractivity contribution in [1.82, 2.24) is 19.9 Å². The molecule has 1 fully saturated rings. The third-order valence-electron chi connectivity index (χ3n) is 3.88. The van der Waals surface area contributed by atoms with Crippen LogP contribution in [0.2, 0.25) is 0 Å². The monoisotopic (exact) mass is 365 g/mol. The molecule has 3 rings (SSSR count). The summed E-state index contributed by atoms with van der Waals surface area (Å²) < 4.78 is 6.61. The van der Waals surface area contributed by atoms with Gasteiger partial charge in [0.15, 0.2) is 0 Å². The number of hydrogen-bond donors (Lipinski definition) is 1. The van der Waals surface area contributed by atoms with Gasteiger partial charge in [-0.1, -0.05) is 11.3 Å². The molecule has 9 heteroatoms. The van der Waals surface area contributed by atoms with E-state index in [2.05, 4.69) is 20.3 Å². The number of rotatable bonds is 3. The number of nitrogens with zero attached hydrogens (tertiary/aromatic N) is 4. The second-order valence-corrected chi connectivity index (χ2v) is 8.13. The molecular formula is C16H23N5O3S. The van der Waals surface area contributed by atoms with Gasteiger partial charge in [0.05, 0.1) is 0 Å². The molecule has 3 heterocycles. The number of carbonyl (C=O) groups excluding carboxylic acids is 1. The summed E-state index contributed by atoms with van der Waals surface area (Å²) in [6.07, 6.45) is 3.16. The summed E-state index contributed by atoms with van der Waals surface area (Å²) in [5.74, 6) is 0.318. The smallest absolute Gasteiger partial charge is 0.407 e. The van der Waals surface area contributed by atoms with Crippen LogP contribution in [-0.2, 0) is 4.74 Å². The van der Waals surface area contributed by atoms with Crippen molar-refractivity contribution >= 4 is 27.5 Å². The molecule has 1 aliphatic rings. The van der Waals surface area contributed by atoms with Crippen LogP contribution in [0.1, 0.15) is 33.6 Å². The zero-order valence-corrected chi connectivity index (χ0v) is 15.5. The second-order valence-electron chi connectivity index (χ2n) is 7.20. The normalized spacial score (nSPS) is 18.4. The van der Waals surface area contributed by atoms with E-state index in [1.54, 1.807) is 0 Å². The van der Waals surface area contributed by atoms with Gasteiger partial charge in [0, 0.05) is 31.9 Å². The van der Waals surface area contributed by atoms with E-state index >= 15 is 0 Å². The average Bonchev–Trinajstić information content (AvgIpc) is 2.97. The molecule has 1 saturated heterocycles. The fourth-order valence-electron chi connectivity index (χ4n) is 2.81. The Labute approximate surface area is 149 Å². The summed E-state index contributed by atoms with van der Waals surface area (Å²) in [6.45, 7) is 7.77. The predicted molar refractivity (Wildman–Crippen MR) is 96.3 cm³/mol. The molecule has 0 spiro atoms. The van der Waals surface area contributed by atoms with Crippen LogP contribution in [0.15, 0.2) is 17.1 Å². The molecule has 8 nitrogen and oxygen atoms in total. The van der Waals surface area contributed by atoms with Crippen LogP contribution in [0.3, 0.4) is 0 Å². The molecule has 1 amide bonds. The topological polar surface area (TPSA) is 88.8 Å². The van der Waals surface area contributed by atoms with Gasteiger partial charge in [-0.05, 0) is 39.5 Å². The lowest BCUT2D eigenvalue weighted by Gasteiger charge is -2.32. The van der Waals surface area contributed by atoms with Gasteiger partial charge in [0.1, 0.15) is 5.60 Å². The Hall–Kier alpha value is -2.16. The summed E-state index contributed by atoms with van der Waals surface area (Å²) in [7, 11) is 0. The molecule has 0 radical (unpaired) electrons. The Morgan fingerprint density at radius 2 is 2.28 bits per heavy atom. The Kier molecular flexibility index (Phi) is 4.94. The van der Waals surface area contributed by atoms with Gasteiger partial charge in [-0.15, -0.1) is 5.10 Å². The highest BCUT2D eigenvalue weighted by atomic mass is 32.1. The van der Waals surface area contributed by atoms with Gasteiger partial charge in [-0.2, -0.15) is 4.52 Å². The fraction of sp³-hybridized carbons (Fsp3) is 0.625. The average molecular weight is 365 g/mol. The number of piperidine rings is 1. The third-order valence-corrected chi connectivity index (χ3v) is 4.87. The number of anilines is 1. The maximum atomic E-state index is 11.8. The lowest BCUT2D eigenvalue weighted by molar-refractivity contribution is 0.0517. The van der Waals surface area contributed by atoms with Crippen LogP contribution < -0.4 is 15.8 Å². The van der Waals surface area contributed by atoms with Crippen molar-refractivity contribution in [3.63, 3.8) is 0 Å². The van der Waals surface area contributed by atoms with E-state index in [9.17, 15) is 9.59 Å². The molecule has 136 valence electrons. The molecule has 0 aliphatic carbocycles. The zero-order chi connectivity index (χ0) is 18.0. The minimum Gasteiger partial charge on any atom is -0.444 e. The highest BCUT2D eigenvalue weighted by Crippen LogP contribution is 2.26. The van der Waals surface area contributed by atoms with Crippen LogP contribution in [0.4, 0.5) is 9.93 Å². The van der Waals surface area contributed by atoms with E-state index < -0.39 is 5.60 Å². The van der Waals surface area contributed by atoms with Crippen molar-refractivity contribution in [3.05, 3.63) is 22.6 Å². The molecule has 1 atom stereocenters. The van der Waals surface area contributed by atoms with Gasteiger partial charge in [-0.3, -0.25) is 4.79 Å². The lowest BCUT2D eigenvalue weighted by Crippen LogP contribution is -2.42. The number of alkyl carbamates (subject to hydrolysis) is 1. The first-order valence-electron chi connectivity index (χ1n) is 8.38. The third kappa shape index (κ3) is 4.47. The Bertz CT molecular complexity index is 810. The first-order chi connectivity index (χ1) is 11.8. The second kappa shape index (κ2) is 6.99. The van der Waals surface area contributed by atoms with Gasteiger partial charge in [0.25, 0.3) is 5.56 Å². The van der Waals surface area contributed by atoms with Gasteiger partial charge >= 0.3 is 6.09 Å². The summed E-state index contributed by atoms with van der Waals surface area (Å²) >= 11 is 1.41. The Morgan fingerprint density at radius 3 is 3.00 bits per heavy atom. The van der Waals surface area contributed by atoms with E-state index in [4.69, 9.17) is 4.74 Å². The highest BCUT2D eigenvalue weighted by Gasteiger charge is 2.24. The molecule has 0 saturated carbocycles. The lowest BCUT2D eigenvalue weighted by atomic mass is 9.98. The van der Waals surface area contributed by atoms with Gasteiger partial charge in [-0.25, -0.2) is 9.78 Å². The van der Waals surface area contributed by atoms with Crippen LogP contribution in [0.5, 0.6) is 0 Å². The minimum atomic E-state index is -0.496. The molecule has 0 bridgehead atoms. The molecule has 1 aliphatic heterocycles. The number of hydrogen-bond acceptors (Lipinski definition) is 7. The summed E-state index contributed by atoms with van der Waals surface area (Å²) in [4.78, 5) is 30.6. The summed E-state index contributed by atoms with van der Waals surface area (Å²) in [6, 6.07) is 1.40. The van der Waals surface area contributed by atoms with E-state index in [1.807, 2.05) is 20.8 Å². The van der Waals surface area contributed by atoms with E-state index in [0.717, 1.165) is 31.1 Å². The van der Waals surface area contributed by atoms with Gasteiger partial charge < -0.3 is 15.0 Å². The van der Waals surface area contributed by atoms with Crippen LogP contribution in [0, 0.1) is 5.92 Å². The number of amides is 1. The Morgan fingerprint density at radius 1 is 1.48 bits per heavy atom. The first-order valence-corrected chi connectivity index (χ1v) is 9.20. The highest BCUT2D eigenvalue weighted by molar-refractivity contribution is 7.20. The number of nitrogens with one attached hydrogen (secondary N) is 1. The number of aromatic nitrogens is 3. The van der Waals surface area contributed by atoms with Crippen molar-refractivity contribution in [2.24, 2.45) is 5.92 Å². The predicted octanol–water partition coefficient (Wildman–Crippen LogP) is 1.89. The Balaban J connectivity index is 1.61. The molecule has 1 N–H and O–H groups in total. The van der Waals surface area contributed by atoms with Crippen LogP contribution >= 0.6 is 11.3 Å².